The number of halogens is 1. The molecular weight excluding hydrogens is 424 g/mol. The number of rotatable bonds is 5. The van der Waals surface area contributed by atoms with Crippen LogP contribution in [0.15, 0.2) is 40.7 Å². The number of carbonyl (C=O) groups is 2. The molecule has 0 radical (unpaired) electrons. The lowest BCUT2D eigenvalue weighted by Gasteiger charge is -2.34. The Morgan fingerprint density at radius 2 is 2.16 bits per heavy atom. The van der Waals surface area contributed by atoms with Gasteiger partial charge < -0.3 is 14.8 Å². The molecule has 1 aliphatic carbocycles. The summed E-state index contributed by atoms with van der Waals surface area (Å²) < 4.78 is 11.1. The van der Waals surface area contributed by atoms with Crippen LogP contribution < -0.4 is 5.32 Å². The molecule has 2 atom stereocenters. The Morgan fingerprint density at radius 1 is 1.35 bits per heavy atom. The second-order valence-electron chi connectivity index (χ2n) is 7.96. The van der Waals surface area contributed by atoms with Gasteiger partial charge in [0.25, 0.3) is 5.69 Å². The molecule has 9 heteroatoms. The number of hydrogen-bond acceptors (Lipinski definition) is 7. The molecule has 0 spiro atoms. The fourth-order valence-electron chi connectivity index (χ4n) is 4.45. The Morgan fingerprint density at radius 3 is 2.87 bits per heavy atom. The molecule has 1 aromatic carbocycles. The summed E-state index contributed by atoms with van der Waals surface area (Å²) in [6.45, 7) is 2.50. The molecule has 2 heterocycles. The van der Waals surface area contributed by atoms with Crippen molar-refractivity contribution < 1.29 is 24.0 Å². The molecule has 1 N–H and O–H groups in total. The zero-order chi connectivity index (χ0) is 22.1. The van der Waals surface area contributed by atoms with E-state index in [1.165, 1.54) is 18.2 Å². The molecular formula is C22H23ClN2O6. The summed E-state index contributed by atoms with van der Waals surface area (Å²) >= 11 is 6.44. The maximum absolute atomic E-state index is 13.2. The molecule has 1 fully saturated rings. The number of nitro benzene ring substituents is 1. The topological polar surface area (TPSA) is 108 Å². The first-order valence-electron chi connectivity index (χ1n) is 10.3. The number of nitrogens with one attached hydrogen (secondary N) is 1. The summed E-state index contributed by atoms with van der Waals surface area (Å²) in [7, 11) is 0. The number of dihydropyridines is 1. The fraction of sp³-hybridized carbons (Fsp3) is 0.455. The summed E-state index contributed by atoms with van der Waals surface area (Å²) in [5.74, 6) is -1.51. The van der Waals surface area contributed by atoms with Crippen LogP contribution in [0.1, 0.15) is 50.5 Å². The molecule has 0 bridgehead atoms. The molecule has 3 aliphatic rings. The number of non-ortho nitro benzene ring substituents is 1. The van der Waals surface area contributed by atoms with Gasteiger partial charge in [-0.25, -0.2) is 4.79 Å². The second kappa shape index (κ2) is 8.80. The second-order valence-corrected chi connectivity index (χ2v) is 8.37. The first-order valence-corrected chi connectivity index (χ1v) is 10.7. The Balaban J connectivity index is 1.77. The van der Waals surface area contributed by atoms with Gasteiger partial charge in [-0.3, -0.25) is 14.9 Å². The van der Waals surface area contributed by atoms with Crippen LogP contribution >= 0.6 is 11.6 Å². The van der Waals surface area contributed by atoms with E-state index in [4.69, 9.17) is 21.1 Å². The minimum Gasteiger partial charge on any atom is -0.459 e. The van der Waals surface area contributed by atoms with Crippen LogP contribution in [-0.2, 0) is 19.1 Å². The third-order valence-electron chi connectivity index (χ3n) is 5.92. The van der Waals surface area contributed by atoms with Gasteiger partial charge in [-0.1, -0.05) is 11.6 Å². The van der Waals surface area contributed by atoms with Crippen molar-refractivity contribution in [3.05, 3.63) is 61.4 Å². The quantitative estimate of drug-likeness (QED) is 0.414. The van der Waals surface area contributed by atoms with E-state index in [9.17, 15) is 19.7 Å². The van der Waals surface area contributed by atoms with Gasteiger partial charge in [-0.15, -0.1) is 0 Å². The predicted molar refractivity (Wildman–Crippen MR) is 113 cm³/mol. The highest BCUT2D eigenvalue weighted by Crippen LogP contribution is 2.45. The number of allylic oxidation sites excluding steroid dienone is 3. The number of ketones is 1. The fourth-order valence-corrected chi connectivity index (χ4v) is 4.68. The number of carbonyl (C=O) groups excluding carboxylic acids is 2. The monoisotopic (exact) mass is 446 g/mol. The van der Waals surface area contributed by atoms with Crippen LogP contribution in [0.3, 0.4) is 0 Å². The standard InChI is InChI=1S/C22H23ClN2O6/c1-12-19(22(27)31-11-14-4-3-9-30-14)20(21-17(24-12)5-2-6-18(21)26)15-10-13(25(28)29)7-8-16(15)23/h7-8,10,14,20,24H,2-6,9,11H2,1H3. The summed E-state index contributed by atoms with van der Waals surface area (Å²) in [5.41, 5.74) is 2.16. The van der Waals surface area contributed by atoms with E-state index in [1.54, 1.807) is 6.92 Å². The average molecular weight is 447 g/mol. The summed E-state index contributed by atoms with van der Waals surface area (Å²) in [4.78, 5) is 36.9. The molecule has 4 rings (SSSR count). The van der Waals surface area contributed by atoms with Crippen molar-refractivity contribution >= 4 is 29.0 Å². The van der Waals surface area contributed by atoms with Crippen molar-refractivity contribution in [2.24, 2.45) is 0 Å². The van der Waals surface area contributed by atoms with Crippen LogP contribution in [0, 0.1) is 10.1 Å². The van der Waals surface area contributed by atoms with E-state index in [1.807, 2.05) is 0 Å². The molecule has 164 valence electrons. The van der Waals surface area contributed by atoms with Crippen molar-refractivity contribution in [3.63, 3.8) is 0 Å². The minimum absolute atomic E-state index is 0.0988. The summed E-state index contributed by atoms with van der Waals surface area (Å²) in [5, 5.41) is 14.8. The lowest BCUT2D eigenvalue weighted by Crippen LogP contribution is -2.35. The van der Waals surface area contributed by atoms with E-state index in [0.29, 0.717) is 42.7 Å². The molecule has 31 heavy (non-hydrogen) atoms. The van der Waals surface area contributed by atoms with E-state index >= 15 is 0 Å². The van der Waals surface area contributed by atoms with Gasteiger partial charge in [-0.05, 0) is 44.2 Å². The number of Topliss-reactive ketones (excluding diaryl/α,β-unsaturated/α-hetero) is 1. The van der Waals surface area contributed by atoms with Crippen molar-refractivity contribution in [3.8, 4) is 0 Å². The third-order valence-corrected chi connectivity index (χ3v) is 6.27. The van der Waals surface area contributed by atoms with Gasteiger partial charge in [0.2, 0.25) is 0 Å². The molecule has 0 amide bonds. The highest BCUT2D eigenvalue weighted by atomic mass is 35.5. The zero-order valence-corrected chi connectivity index (χ0v) is 17.9. The normalized spacial score (nSPS) is 23.5. The molecule has 8 nitrogen and oxygen atoms in total. The number of ether oxygens (including phenoxy) is 2. The highest BCUT2D eigenvalue weighted by Gasteiger charge is 2.40. The number of nitrogens with zero attached hydrogens (tertiary/aromatic N) is 1. The van der Waals surface area contributed by atoms with Crippen LogP contribution in [0.5, 0.6) is 0 Å². The van der Waals surface area contributed by atoms with Crippen molar-refractivity contribution in [1.29, 1.82) is 0 Å². The van der Waals surface area contributed by atoms with Gasteiger partial charge in [0.05, 0.1) is 16.6 Å². The Kier molecular flexibility index (Phi) is 6.11. The first-order chi connectivity index (χ1) is 14.9. The van der Waals surface area contributed by atoms with Gasteiger partial charge in [0.1, 0.15) is 6.61 Å². The van der Waals surface area contributed by atoms with Gasteiger partial charge in [-0.2, -0.15) is 0 Å². The summed E-state index contributed by atoms with van der Waals surface area (Å²) in [6, 6.07) is 4.07. The van der Waals surface area contributed by atoms with E-state index in [0.717, 1.165) is 18.5 Å². The molecule has 1 saturated heterocycles. The van der Waals surface area contributed by atoms with Crippen molar-refractivity contribution in [2.45, 2.75) is 51.0 Å². The maximum Gasteiger partial charge on any atom is 0.336 e. The Bertz CT molecular complexity index is 1010. The smallest absolute Gasteiger partial charge is 0.336 e. The van der Waals surface area contributed by atoms with Crippen LogP contribution in [0.25, 0.3) is 0 Å². The summed E-state index contributed by atoms with van der Waals surface area (Å²) in [6.07, 6.45) is 3.29. The largest absolute Gasteiger partial charge is 0.459 e. The van der Waals surface area contributed by atoms with Crippen molar-refractivity contribution in [1.82, 2.24) is 5.32 Å². The SMILES string of the molecule is CC1=C(C(=O)OCC2CCCO2)C(c2cc([N+](=O)[O-])ccc2Cl)C2=C(CCCC2=O)N1. The number of nitro groups is 1. The Labute approximate surface area is 184 Å². The Hall–Kier alpha value is -2.71. The molecule has 2 unspecified atom stereocenters. The highest BCUT2D eigenvalue weighted by molar-refractivity contribution is 6.31. The lowest BCUT2D eigenvalue weighted by molar-refractivity contribution is -0.384. The van der Waals surface area contributed by atoms with E-state index in [2.05, 4.69) is 5.32 Å². The molecule has 1 aromatic rings. The van der Waals surface area contributed by atoms with E-state index < -0.39 is 16.8 Å². The average Bonchev–Trinajstić information content (AvgIpc) is 3.25. The zero-order valence-electron chi connectivity index (χ0n) is 17.1. The number of benzene rings is 1. The maximum atomic E-state index is 13.2. The van der Waals surface area contributed by atoms with Gasteiger partial charge >= 0.3 is 5.97 Å². The van der Waals surface area contributed by atoms with Gasteiger partial charge in [0.15, 0.2) is 5.78 Å². The van der Waals surface area contributed by atoms with Crippen LogP contribution in [0.4, 0.5) is 5.69 Å². The van der Waals surface area contributed by atoms with E-state index in [-0.39, 0.29) is 34.8 Å². The minimum atomic E-state index is -0.826. The number of esters is 1. The van der Waals surface area contributed by atoms with Crippen LogP contribution in [-0.4, -0.2) is 36.0 Å². The first kappa shape index (κ1) is 21.5. The van der Waals surface area contributed by atoms with Crippen molar-refractivity contribution in [2.75, 3.05) is 13.2 Å². The molecule has 2 aliphatic heterocycles. The number of hydrogen-bond donors (Lipinski definition) is 1. The van der Waals surface area contributed by atoms with Crippen LogP contribution in [0.2, 0.25) is 5.02 Å². The lowest BCUT2D eigenvalue weighted by atomic mass is 9.75. The molecule has 0 saturated carbocycles. The predicted octanol–water partition coefficient (Wildman–Crippen LogP) is 3.94. The van der Waals surface area contributed by atoms with Gasteiger partial charge in [0, 0.05) is 53.1 Å². The third kappa shape index (κ3) is 4.22. The molecule has 0 aromatic heterocycles.